The van der Waals surface area contributed by atoms with Gasteiger partial charge in [0.1, 0.15) is 5.69 Å². The van der Waals surface area contributed by atoms with Crippen molar-refractivity contribution in [3.05, 3.63) is 82.0 Å². The number of carboxylic acid groups (broad SMARTS) is 1. The predicted molar refractivity (Wildman–Crippen MR) is 119 cm³/mol. The van der Waals surface area contributed by atoms with Crippen molar-refractivity contribution < 1.29 is 15.0 Å². The summed E-state index contributed by atoms with van der Waals surface area (Å²) < 4.78 is 1.28. The fourth-order valence-electron chi connectivity index (χ4n) is 3.67. The van der Waals surface area contributed by atoms with Gasteiger partial charge in [-0.1, -0.05) is 39.0 Å². The highest BCUT2D eigenvalue weighted by Gasteiger charge is 2.18. The van der Waals surface area contributed by atoms with Crippen LogP contribution in [0.1, 0.15) is 42.4 Å². The van der Waals surface area contributed by atoms with Crippen LogP contribution in [-0.2, 0) is 12.0 Å². The summed E-state index contributed by atoms with van der Waals surface area (Å²) in [6.07, 6.45) is 3.21. The van der Waals surface area contributed by atoms with Gasteiger partial charge in [0, 0.05) is 22.7 Å². The molecule has 0 fully saturated rings. The number of aliphatic hydroxyl groups is 1. The van der Waals surface area contributed by atoms with E-state index in [-0.39, 0.29) is 23.3 Å². The van der Waals surface area contributed by atoms with E-state index in [1.54, 1.807) is 30.6 Å². The zero-order valence-corrected chi connectivity index (χ0v) is 17.5. The molecular formula is C24H23N3O4. The Labute approximate surface area is 178 Å². The van der Waals surface area contributed by atoms with Crippen molar-refractivity contribution in [2.45, 2.75) is 32.8 Å². The first kappa shape index (κ1) is 20.6. The largest absolute Gasteiger partial charge is 0.477 e. The Balaban J connectivity index is 1.88. The minimum atomic E-state index is -1.07. The number of nitrogens with one attached hydrogen (secondary N) is 1. The Bertz CT molecular complexity index is 1360. The number of carbonyl (C=O) groups is 1. The molecule has 2 aromatic heterocycles. The molecule has 2 aromatic carbocycles. The molecule has 0 bridgehead atoms. The Morgan fingerprint density at radius 1 is 1.16 bits per heavy atom. The van der Waals surface area contributed by atoms with Crippen molar-refractivity contribution in [3.63, 3.8) is 0 Å². The van der Waals surface area contributed by atoms with Gasteiger partial charge in [0.05, 0.1) is 23.9 Å². The van der Waals surface area contributed by atoms with Gasteiger partial charge in [-0.25, -0.2) is 4.79 Å². The van der Waals surface area contributed by atoms with Crippen molar-refractivity contribution in [1.82, 2.24) is 14.8 Å². The summed E-state index contributed by atoms with van der Waals surface area (Å²) in [5.74, 6) is -1.07. The van der Waals surface area contributed by atoms with E-state index in [0.717, 1.165) is 10.9 Å². The first-order valence-electron chi connectivity index (χ1n) is 9.88. The van der Waals surface area contributed by atoms with Gasteiger partial charge in [0.2, 0.25) is 0 Å². The lowest BCUT2D eigenvalue weighted by atomic mass is 9.86. The second-order valence-electron chi connectivity index (χ2n) is 8.48. The molecule has 0 saturated carbocycles. The Kier molecular flexibility index (Phi) is 4.99. The highest BCUT2D eigenvalue weighted by molar-refractivity contribution is 5.88. The van der Waals surface area contributed by atoms with E-state index in [9.17, 15) is 19.8 Å². The fraction of sp³-hybridized carbons (Fsp3) is 0.208. The standard InChI is InChI=1S/C24H23N3O4/c1-24(2,3)16-7-8-18-14(9-16)12-26-27(22(18)29)21-6-4-5-17(19(21)13-28)15-10-20(23(30)31)25-11-15/h4-12,25,28H,13H2,1-3H3,(H,30,31). The fourth-order valence-corrected chi connectivity index (χ4v) is 3.67. The first-order valence-corrected chi connectivity index (χ1v) is 9.88. The zero-order chi connectivity index (χ0) is 22.3. The number of aromatic carboxylic acids is 1. The van der Waals surface area contributed by atoms with E-state index in [1.165, 1.54) is 10.7 Å². The van der Waals surface area contributed by atoms with Gasteiger partial charge in [-0.15, -0.1) is 0 Å². The summed E-state index contributed by atoms with van der Waals surface area (Å²) in [6, 6.07) is 12.5. The molecule has 158 valence electrons. The van der Waals surface area contributed by atoms with Crippen molar-refractivity contribution >= 4 is 16.7 Å². The van der Waals surface area contributed by atoms with Crippen LogP contribution in [-0.4, -0.2) is 30.9 Å². The molecule has 0 spiro atoms. The van der Waals surface area contributed by atoms with E-state index < -0.39 is 5.97 Å². The van der Waals surface area contributed by atoms with E-state index >= 15 is 0 Å². The van der Waals surface area contributed by atoms with Crippen molar-refractivity contribution in [3.8, 4) is 16.8 Å². The Hall–Kier alpha value is -3.71. The quantitative estimate of drug-likeness (QED) is 0.467. The molecule has 4 aromatic rings. The summed E-state index contributed by atoms with van der Waals surface area (Å²) >= 11 is 0. The van der Waals surface area contributed by atoms with E-state index in [4.69, 9.17) is 0 Å². The molecule has 7 heteroatoms. The number of aromatic amines is 1. The lowest BCUT2D eigenvalue weighted by Crippen LogP contribution is -2.23. The third-order valence-corrected chi connectivity index (χ3v) is 5.41. The summed E-state index contributed by atoms with van der Waals surface area (Å²) in [6.45, 7) is 5.99. The normalized spacial score (nSPS) is 11.7. The van der Waals surface area contributed by atoms with Gasteiger partial charge < -0.3 is 15.2 Å². The minimum Gasteiger partial charge on any atom is -0.477 e. The number of H-pyrrole nitrogens is 1. The molecule has 0 amide bonds. The molecule has 0 aliphatic rings. The molecule has 0 atom stereocenters. The monoisotopic (exact) mass is 417 g/mol. The van der Waals surface area contributed by atoms with Crippen LogP contribution in [0.3, 0.4) is 0 Å². The third-order valence-electron chi connectivity index (χ3n) is 5.41. The maximum absolute atomic E-state index is 13.2. The highest BCUT2D eigenvalue weighted by Crippen LogP contribution is 2.29. The summed E-state index contributed by atoms with van der Waals surface area (Å²) in [4.78, 5) is 27.1. The van der Waals surface area contributed by atoms with Crippen LogP contribution >= 0.6 is 0 Å². The van der Waals surface area contributed by atoms with Gasteiger partial charge in [0.15, 0.2) is 0 Å². The molecule has 0 saturated heterocycles. The van der Waals surface area contributed by atoms with Crippen LogP contribution in [0, 0.1) is 0 Å². The molecule has 3 N–H and O–H groups in total. The number of aromatic nitrogens is 3. The van der Waals surface area contributed by atoms with Crippen LogP contribution in [0.15, 0.2) is 59.7 Å². The van der Waals surface area contributed by atoms with Gasteiger partial charge in [-0.2, -0.15) is 9.78 Å². The van der Waals surface area contributed by atoms with Gasteiger partial charge in [0.25, 0.3) is 5.56 Å². The molecule has 0 radical (unpaired) electrons. The maximum atomic E-state index is 13.2. The second-order valence-corrected chi connectivity index (χ2v) is 8.48. The van der Waals surface area contributed by atoms with Crippen molar-refractivity contribution in [1.29, 1.82) is 0 Å². The molecule has 4 rings (SSSR count). The van der Waals surface area contributed by atoms with Crippen LogP contribution < -0.4 is 5.56 Å². The van der Waals surface area contributed by atoms with Crippen LogP contribution in [0.4, 0.5) is 0 Å². The maximum Gasteiger partial charge on any atom is 0.352 e. The average molecular weight is 417 g/mol. The summed E-state index contributed by atoms with van der Waals surface area (Å²) in [5.41, 5.74) is 2.98. The molecule has 0 unspecified atom stereocenters. The number of rotatable bonds is 4. The smallest absolute Gasteiger partial charge is 0.352 e. The van der Waals surface area contributed by atoms with Crippen molar-refractivity contribution in [2.75, 3.05) is 0 Å². The van der Waals surface area contributed by atoms with Gasteiger partial charge in [-0.05, 0) is 40.8 Å². The predicted octanol–water partition coefficient (Wildman–Crippen LogP) is 3.87. The van der Waals surface area contributed by atoms with E-state index in [0.29, 0.717) is 27.8 Å². The molecule has 2 heterocycles. The number of benzene rings is 2. The van der Waals surface area contributed by atoms with Gasteiger partial charge in [-0.3, -0.25) is 4.79 Å². The van der Waals surface area contributed by atoms with Crippen LogP contribution in [0.5, 0.6) is 0 Å². The SMILES string of the molecule is CC(C)(C)c1ccc2c(=O)n(-c3cccc(-c4c[nH]c(C(=O)O)c4)c3CO)ncc2c1. The number of carboxylic acids is 1. The first-order chi connectivity index (χ1) is 14.7. The average Bonchev–Trinajstić information content (AvgIpc) is 3.23. The van der Waals surface area contributed by atoms with E-state index in [1.807, 2.05) is 18.2 Å². The lowest BCUT2D eigenvalue weighted by molar-refractivity contribution is 0.0691. The van der Waals surface area contributed by atoms with Gasteiger partial charge >= 0.3 is 5.97 Å². The molecule has 0 aliphatic heterocycles. The molecule has 31 heavy (non-hydrogen) atoms. The lowest BCUT2D eigenvalue weighted by Gasteiger charge is -2.19. The number of hydrogen-bond acceptors (Lipinski definition) is 4. The van der Waals surface area contributed by atoms with Crippen molar-refractivity contribution in [2.24, 2.45) is 0 Å². The zero-order valence-electron chi connectivity index (χ0n) is 17.5. The number of hydrogen-bond donors (Lipinski definition) is 3. The minimum absolute atomic E-state index is 0.0416. The third kappa shape index (κ3) is 3.64. The molecular weight excluding hydrogens is 394 g/mol. The highest BCUT2D eigenvalue weighted by atomic mass is 16.4. The number of fused-ring (bicyclic) bond motifs is 1. The number of aliphatic hydroxyl groups excluding tert-OH is 1. The topological polar surface area (TPSA) is 108 Å². The second kappa shape index (κ2) is 7.52. The Morgan fingerprint density at radius 2 is 1.94 bits per heavy atom. The summed E-state index contributed by atoms with van der Waals surface area (Å²) in [5, 5.41) is 24.9. The van der Waals surface area contributed by atoms with Crippen LogP contribution in [0.25, 0.3) is 27.6 Å². The molecule has 7 nitrogen and oxygen atoms in total. The molecule has 0 aliphatic carbocycles. The Morgan fingerprint density at radius 3 is 2.58 bits per heavy atom. The summed E-state index contributed by atoms with van der Waals surface area (Å²) in [7, 11) is 0. The van der Waals surface area contributed by atoms with E-state index in [2.05, 4.69) is 30.9 Å². The number of nitrogens with zero attached hydrogens (tertiary/aromatic N) is 2. The van der Waals surface area contributed by atoms with Crippen LogP contribution in [0.2, 0.25) is 0 Å².